The second-order valence-electron chi connectivity index (χ2n) is 7.30. The Morgan fingerprint density at radius 1 is 1.21 bits per heavy atom. The first-order valence-corrected chi connectivity index (χ1v) is 10.7. The summed E-state index contributed by atoms with van der Waals surface area (Å²) in [5.74, 6) is 0.119. The number of carbonyl (C=O) groups is 2. The summed E-state index contributed by atoms with van der Waals surface area (Å²) < 4.78 is 33.8. The molecule has 2 aliphatic heterocycles. The van der Waals surface area contributed by atoms with Gasteiger partial charge in [0.05, 0.1) is 16.3 Å². The van der Waals surface area contributed by atoms with Gasteiger partial charge in [-0.15, -0.1) is 0 Å². The van der Waals surface area contributed by atoms with Gasteiger partial charge >= 0.3 is 0 Å². The van der Waals surface area contributed by atoms with Gasteiger partial charge in [-0.1, -0.05) is 0 Å². The standard InChI is InChI=1S/C20H21N3O5S/c1-11-8-14-9-16(5-6-18(14)23(11)13(3)24)29(26,27)22-15-4-7-19-17(10-15)21-20(25)12(2)28-19/h4-7,9-12,22H,8H2,1-3H3,(H,21,25). The molecule has 2 N–H and O–H groups in total. The van der Waals surface area contributed by atoms with Gasteiger partial charge in [-0.25, -0.2) is 8.42 Å². The highest BCUT2D eigenvalue weighted by molar-refractivity contribution is 7.92. The molecule has 0 spiro atoms. The van der Waals surface area contributed by atoms with E-state index in [9.17, 15) is 18.0 Å². The van der Waals surface area contributed by atoms with Gasteiger partial charge in [0.1, 0.15) is 5.75 Å². The fourth-order valence-electron chi connectivity index (χ4n) is 3.74. The van der Waals surface area contributed by atoms with Crippen LogP contribution in [0.1, 0.15) is 26.3 Å². The smallest absolute Gasteiger partial charge is 0.265 e. The average molecular weight is 415 g/mol. The Labute approximate surface area is 168 Å². The normalized spacial score (nSPS) is 20.4. The van der Waals surface area contributed by atoms with Crippen molar-refractivity contribution in [3.05, 3.63) is 42.0 Å². The zero-order valence-corrected chi connectivity index (χ0v) is 17.0. The van der Waals surface area contributed by atoms with Crippen LogP contribution in [0, 0.1) is 0 Å². The van der Waals surface area contributed by atoms with Crippen molar-refractivity contribution in [2.45, 2.75) is 44.2 Å². The first-order chi connectivity index (χ1) is 13.7. The van der Waals surface area contributed by atoms with Crippen LogP contribution in [0.5, 0.6) is 5.75 Å². The number of hydrogen-bond donors (Lipinski definition) is 2. The zero-order chi connectivity index (χ0) is 20.9. The molecule has 0 radical (unpaired) electrons. The highest BCUT2D eigenvalue weighted by Gasteiger charge is 2.30. The van der Waals surface area contributed by atoms with E-state index in [2.05, 4.69) is 10.0 Å². The highest BCUT2D eigenvalue weighted by Crippen LogP contribution is 2.35. The van der Waals surface area contributed by atoms with Gasteiger partial charge in [0.15, 0.2) is 6.10 Å². The summed E-state index contributed by atoms with van der Waals surface area (Å²) >= 11 is 0. The summed E-state index contributed by atoms with van der Waals surface area (Å²) in [7, 11) is -3.85. The summed E-state index contributed by atoms with van der Waals surface area (Å²) in [6.45, 7) is 5.06. The molecular formula is C20H21N3O5S. The quantitative estimate of drug-likeness (QED) is 0.801. The van der Waals surface area contributed by atoms with E-state index in [0.717, 1.165) is 11.3 Å². The molecule has 2 aromatic carbocycles. The number of sulfonamides is 1. The van der Waals surface area contributed by atoms with Crippen molar-refractivity contribution in [2.75, 3.05) is 14.9 Å². The van der Waals surface area contributed by atoms with Crippen LogP contribution in [0.25, 0.3) is 0 Å². The van der Waals surface area contributed by atoms with E-state index in [1.807, 2.05) is 6.92 Å². The number of nitrogens with one attached hydrogen (secondary N) is 2. The molecule has 0 bridgehead atoms. The monoisotopic (exact) mass is 415 g/mol. The third kappa shape index (κ3) is 3.42. The molecule has 2 amide bonds. The summed E-state index contributed by atoms with van der Waals surface area (Å²) in [6.07, 6.45) is -0.00741. The van der Waals surface area contributed by atoms with E-state index >= 15 is 0 Å². The fraction of sp³-hybridized carbons (Fsp3) is 0.300. The van der Waals surface area contributed by atoms with Crippen LogP contribution >= 0.6 is 0 Å². The lowest BCUT2D eigenvalue weighted by molar-refractivity contribution is -0.122. The van der Waals surface area contributed by atoms with Crippen LogP contribution in [0.4, 0.5) is 17.1 Å². The van der Waals surface area contributed by atoms with Gasteiger partial charge in [-0.05, 0) is 62.2 Å². The van der Waals surface area contributed by atoms with Gasteiger partial charge in [-0.3, -0.25) is 14.3 Å². The largest absolute Gasteiger partial charge is 0.479 e. The van der Waals surface area contributed by atoms with Crippen molar-refractivity contribution in [2.24, 2.45) is 0 Å². The van der Waals surface area contributed by atoms with Gasteiger partial charge in [-0.2, -0.15) is 0 Å². The van der Waals surface area contributed by atoms with Crippen molar-refractivity contribution in [1.29, 1.82) is 0 Å². The molecule has 2 aromatic rings. The lowest BCUT2D eigenvalue weighted by Crippen LogP contribution is -2.34. The Hall–Kier alpha value is -3.07. The van der Waals surface area contributed by atoms with Crippen molar-refractivity contribution >= 4 is 38.9 Å². The van der Waals surface area contributed by atoms with Gasteiger partial charge in [0.25, 0.3) is 15.9 Å². The maximum Gasteiger partial charge on any atom is 0.265 e. The van der Waals surface area contributed by atoms with Crippen molar-refractivity contribution in [3.8, 4) is 5.75 Å². The Morgan fingerprint density at radius 2 is 1.97 bits per heavy atom. The van der Waals surface area contributed by atoms with Crippen LogP contribution in [-0.2, 0) is 26.0 Å². The number of carbonyl (C=O) groups excluding carboxylic acids is 2. The minimum Gasteiger partial charge on any atom is -0.479 e. The molecular weight excluding hydrogens is 394 g/mol. The van der Waals surface area contributed by atoms with Crippen LogP contribution in [0.2, 0.25) is 0 Å². The summed E-state index contributed by atoms with van der Waals surface area (Å²) in [5.41, 5.74) is 2.27. The summed E-state index contributed by atoms with van der Waals surface area (Å²) in [4.78, 5) is 25.4. The molecule has 4 rings (SSSR count). The number of benzene rings is 2. The Morgan fingerprint density at radius 3 is 2.69 bits per heavy atom. The Kier molecular flexibility index (Phi) is 4.49. The third-order valence-corrected chi connectivity index (χ3v) is 6.46. The first kappa shape index (κ1) is 19.3. The molecule has 0 aromatic heterocycles. The molecule has 2 heterocycles. The zero-order valence-electron chi connectivity index (χ0n) is 16.2. The van der Waals surface area contributed by atoms with Crippen LogP contribution in [0.15, 0.2) is 41.3 Å². The number of nitrogens with zero attached hydrogens (tertiary/aromatic N) is 1. The number of ether oxygens (including phenoxy) is 1. The highest BCUT2D eigenvalue weighted by atomic mass is 32.2. The number of fused-ring (bicyclic) bond motifs is 2. The minimum absolute atomic E-state index is 0.0138. The third-order valence-electron chi connectivity index (χ3n) is 5.08. The second kappa shape index (κ2) is 6.77. The maximum atomic E-state index is 12.9. The van der Waals surface area contributed by atoms with Gasteiger partial charge in [0, 0.05) is 18.7 Å². The van der Waals surface area contributed by atoms with E-state index in [1.165, 1.54) is 19.1 Å². The molecule has 0 fully saturated rings. The number of rotatable bonds is 3. The Bertz CT molecular complexity index is 1130. The topological polar surface area (TPSA) is 105 Å². The SMILES string of the molecule is CC(=O)N1c2ccc(S(=O)(=O)Nc3ccc4c(c3)NC(=O)C(C)O4)cc2CC1C. The van der Waals surface area contributed by atoms with Crippen LogP contribution in [0.3, 0.4) is 0 Å². The molecule has 2 atom stereocenters. The van der Waals surface area contributed by atoms with Gasteiger partial charge in [0.2, 0.25) is 5.91 Å². The molecule has 152 valence electrons. The number of amides is 2. The van der Waals surface area contributed by atoms with E-state index in [1.54, 1.807) is 36.1 Å². The predicted molar refractivity (Wildman–Crippen MR) is 109 cm³/mol. The minimum atomic E-state index is -3.85. The van der Waals surface area contributed by atoms with E-state index in [-0.39, 0.29) is 22.8 Å². The lowest BCUT2D eigenvalue weighted by Gasteiger charge is -2.23. The molecule has 29 heavy (non-hydrogen) atoms. The molecule has 0 aliphatic carbocycles. The molecule has 2 aliphatic rings. The molecule has 8 nitrogen and oxygen atoms in total. The number of anilines is 3. The number of hydrogen-bond acceptors (Lipinski definition) is 5. The molecule has 9 heteroatoms. The molecule has 0 saturated heterocycles. The lowest BCUT2D eigenvalue weighted by atomic mass is 10.1. The van der Waals surface area contributed by atoms with Crippen molar-refractivity contribution < 1.29 is 22.7 Å². The summed E-state index contributed by atoms with van der Waals surface area (Å²) in [6, 6.07) is 9.44. The van der Waals surface area contributed by atoms with E-state index in [0.29, 0.717) is 23.5 Å². The molecule has 2 unspecified atom stereocenters. The van der Waals surface area contributed by atoms with Crippen LogP contribution in [-0.4, -0.2) is 32.4 Å². The first-order valence-electron chi connectivity index (χ1n) is 9.23. The predicted octanol–water partition coefficient (Wildman–Crippen LogP) is 2.50. The average Bonchev–Trinajstić information content (AvgIpc) is 2.97. The Balaban J connectivity index is 1.61. The van der Waals surface area contributed by atoms with Crippen molar-refractivity contribution in [3.63, 3.8) is 0 Å². The van der Waals surface area contributed by atoms with Crippen molar-refractivity contribution in [1.82, 2.24) is 0 Å². The van der Waals surface area contributed by atoms with Gasteiger partial charge < -0.3 is 15.0 Å². The van der Waals surface area contributed by atoms with E-state index < -0.39 is 16.1 Å². The maximum absolute atomic E-state index is 12.9. The fourth-order valence-corrected chi connectivity index (χ4v) is 4.84. The van der Waals surface area contributed by atoms with Crippen LogP contribution < -0.4 is 19.7 Å². The second-order valence-corrected chi connectivity index (χ2v) is 8.98. The summed E-state index contributed by atoms with van der Waals surface area (Å²) in [5, 5.41) is 2.69. The molecule has 0 saturated carbocycles. The van der Waals surface area contributed by atoms with E-state index in [4.69, 9.17) is 4.74 Å².